The van der Waals surface area contributed by atoms with Crippen LogP contribution in [0.25, 0.3) is 11.1 Å². The lowest BCUT2D eigenvalue weighted by molar-refractivity contribution is 0.101. The van der Waals surface area contributed by atoms with Crippen molar-refractivity contribution in [3.05, 3.63) is 40.9 Å². The zero-order chi connectivity index (χ0) is 15.6. The van der Waals surface area contributed by atoms with Crippen LogP contribution in [0.2, 0.25) is 5.02 Å². The van der Waals surface area contributed by atoms with Crippen molar-refractivity contribution in [2.75, 3.05) is 20.0 Å². The van der Waals surface area contributed by atoms with E-state index in [-0.39, 0.29) is 5.78 Å². The standard InChI is InChI=1S/C16H16ClNO3/c1-9(19)10-6-4-5-7-11(10)12-8-13(17)14(18)16(21-3)15(12)20-2/h4-8H,18H2,1-3H3. The van der Waals surface area contributed by atoms with Crippen LogP contribution in [0.3, 0.4) is 0 Å². The second kappa shape index (κ2) is 6.06. The Morgan fingerprint density at radius 1 is 1.10 bits per heavy atom. The first-order chi connectivity index (χ1) is 10.0. The fraction of sp³-hybridized carbons (Fsp3) is 0.188. The number of methoxy groups -OCH3 is 2. The molecule has 0 saturated carbocycles. The fourth-order valence-electron chi connectivity index (χ4n) is 2.25. The van der Waals surface area contributed by atoms with E-state index in [0.29, 0.717) is 33.3 Å². The zero-order valence-corrected chi connectivity index (χ0v) is 12.8. The van der Waals surface area contributed by atoms with E-state index in [1.165, 1.54) is 21.1 Å². The number of ether oxygens (including phenoxy) is 2. The van der Waals surface area contributed by atoms with Crippen LogP contribution in [0.1, 0.15) is 17.3 Å². The number of rotatable bonds is 4. The molecule has 4 nitrogen and oxygen atoms in total. The molecule has 2 N–H and O–H groups in total. The fourth-order valence-corrected chi connectivity index (χ4v) is 2.45. The van der Waals surface area contributed by atoms with Crippen molar-refractivity contribution in [3.63, 3.8) is 0 Å². The van der Waals surface area contributed by atoms with Crippen LogP contribution in [0, 0.1) is 0 Å². The average molecular weight is 306 g/mol. The number of halogens is 1. The van der Waals surface area contributed by atoms with Gasteiger partial charge in [-0.05, 0) is 18.6 Å². The summed E-state index contributed by atoms with van der Waals surface area (Å²) in [5, 5.41) is 0.348. The molecule has 2 rings (SSSR count). The number of hydrogen-bond donors (Lipinski definition) is 1. The summed E-state index contributed by atoms with van der Waals surface area (Å²) in [6.07, 6.45) is 0. The van der Waals surface area contributed by atoms with E-state index in [4.69, 9.17) is 26.8 Å². The van der Waals surface area contributed by atoms with Crippen LogP contribution in [0.4, 0.5) is 5.69 Å². The van der Waals surface area contributed by atoms with Crippen molar-refractivity contribution in [2.45, 2.75) is 6.92 Å². The van der Waals surface area contributed by atoms with Gasteiger partial charge in [-0.1, -0.05) is 35.9 Å². The molecular formula is C16H16ClNO3. The maximum Gasteiger partial charge on any atom is 0.185 e. The van der Waals surface area contributed by atoms with Gasteiger partial charge in [0.2, 0.25) is 0 Å². The van der Waals surface area contributed by atoms with E-state index >= 15 is 0 Å². The summed E-state index contributed by atoms with van der Waals surface area (Å²) in [4.78, 5) is 11.8. The number of carbonyl (C=O) groups is 1. The molecule has 0 aromatic heterocycles. The molecule has 5 heteroatoms. The lowest BCUT2D eigenvalue weighted by Gasteiger charge is -2.17. The van der Waals surface area contributed by atoms with Gasteiger partial charge < -0.3 is 15.2 Å². The molecule has 2 aromatic carbocycles. The molecule has 0 aliphatic heterocycles. The third-order valence-electron chi connectivity index (χ3n) is 3.23. The minimum absolute atomic E-state index is 0.0421. The number of Topliss-reactive ketones (excluding diaryl/α,β-unsaturated/α-hetero) is 1. The summed E-state index contributed by atoms with van der Waals surface area (Å²) < 4.78 is 10.7. The Labute approximate surface area is 128 Å². The number of ketones is 1. The van der Waals surface area contributed by atoms with Gasteiger partial charge in [0, 0.05) is 11.1 Å². The molecule has 0 atom stereocenters. The van der Waals surface area contributed by atoms with Crippen molar-refractivity contribution in [1.29, 1.82) is 0 Å². The number of carbonyl (C=O) groups excluding carboxylic acids is 1. The predicted octanol–water partition coefficient (Wildman–Crippen LogP) is 3.81. The van der Waals surface area contributed by atoms with E-state index < -0.39 is 0 Å². The normalized spacial score (nSPS) is 10.3. The van der Waals surface area contributed by atoms with Gasteiger partial charge in [-0.2, -0.15) is 0 Å². The SMILES string of the molecule is COc1c(-c2ccccc2C(C)=O)cc(Cl)c(N)c1OC. The molecule has 0 fully saturated rings. The van der Waals surface area contributed by atoms with E-state index in [9.17, 15) is 4.79 Å². The number of anilines is 1. The first-order valence-electron chi connectivity index (χ1n) is 6.31. The highest BCUT2D eigenvalue weighted by Gasteiger charge is 2.20. The van der Waals surface area contributed by atoms with Gasteiger partial charge >= 0.3 is 0 Å². The monoisotopic (exact) mass is 305 g/mol. The quantitative estimate of drug-likeness (QED) is 0.689. The van der Waals surface area contributed by atoms with Crippen LogP contribution >= 0.6 is 11.6 Å². The van der Waals surface area contributed by atoms with Gasteiger partial charge in [-0.25, -0.2) is 0 Å². The first-order valence-corrected chi connectivity index (χ1v) is 6.69. The molecule has 0 radical (unpaired) electrons. The Morgan fingerprint density at radius 2 is 1.71 bits per heavy atom. The van der Waals surface area contributed by atoms with Gasteiger partial charge in [0.25, 0.3) is 0 Å². The molecule has 0 bridgehead atoms. The molecule has 0 aliphatic rings. The summed E-state index contributed by atoms with van der Waals surface area (Å²) in [5.74, 6) is 0.769. The van der Waals surface area contributed by atoms with Crippen molar-refractivity contribution < 1.29 is 14.3 Å². The highest BCUT2D eigenvalue weighted by molar-refractivity contribution is 6.34. The minimum Gasteiger partial charge on any atom is -0.492 e. The largest absolute Gasteiger partial charge is 0.492 e. The third kappa shape index (κ3) is 2.67. The molecule has 0 saturated heterocycles. The Balaban J connectivity index is 2.81. The highest BCUT2D eigenvalue weighted by atomic mass is 35.5. The molecule has 0 unspecified atom stereocenters. The Bertz CT molecular complexity index is 698. The topological polar surface area (TPSA) is 61.5 Å². The summed E-state index contributed by atoms with van der Waals surface area (Å²) in [7, 11) is 3.01. The van der Waals surface area contributed by atoms with Crippen LogP contribution in [-0.2, 0) is 0 Å². The zero-order valence-electron chi connectivity index (χ0n) is 12.1. The van der Waals surface area contributed by atoms with Crippen molar-refractivity contribution in [1.82, 2.24) is 0 Å². The van der Waals surface area contributed by atoms with E-state index in [1.807, 2.05) is 18.2 Å². The minimum atomic E-state index is -0.0421. The maximum absolute atomic E-state index is 11.8. The van der Waals surface area contributed by atoms with Crippen LogP contribution in [-0.4, -0.2) is 20.0 Å². The van der Waals surface area contributed by atoms with Crippen molar-refractivity contribution in [2.24, 2.45) is 0 Å². The molecule has 110 valence electrons. The Hall–Kier alpha value is -2.20. The number of benzene rings is 2. The Morgan fingerprint density at radius 3 is 2.29 bits per heavy atom. The Kier molecular flexibility index (Phi) is 4.38. The summed E-state index contributed by atoms with van der Waals surface area (Å²) in [5.41, 5.74) is 8.19. The summed E-state index contributed by atoms with van der Waals surface area (Å²) in [6, 6.07) is 8.93. The lowest BCUT2D eigenvalue weighted by atomic mass is 9.96. The highest BCUT2D eigenvalue weighted by Crippen LogP contribution is 2.46. The molecule has 0 spiro atoms. The van der Waals surface area contributed by atoms with Crippen LogP contribution < -0.4 is 15.2 Å². The van der Waals surface area contributed by atoms with Gasteiger partial charge in [0.05, 0.1) is 24.9 Å². The second-order valence-electron chi connectivity index (χ2n) is 4.49. The smallest absolute Gasteiger partial charge is 0.185 e. The molecule has 2 aromatic rings. The predicted molar refractivity (Wildman–Crippen MR) is 84.4 cm³/mol. The van der Waals surface area contributed by atoms with Crippen LogP contribution in [0.15, 0.2) is 30.3 Å². The van der Waals surface area contributed by atoms with Crippen molar-refractivity contribution >= 4 is 23.1 Å². The molecular weight excluding hydrogens is 290 g/mol. The summed E-state index contributed by atoms with van der Waals surface area (Å²) >= 11 is 6.16. The van der Waals surface area contributed by atoms with Gasteiger partial charge in [-0.3, -0.25) is 4.79 Å². The van der Waals surface area contributed by atoms with E-state index in [0.717, 1.165) is 5.56 Å². The van der Waals surface area contributed by atoms with E-state index in [2.05, 4.69) is 0 Å². The second-order valence-corrected chi connectivity index (χ2v) is 4.90. The number of nitrogen functional groups attached to an aromatic ring is 1. The van der Waals surface area contributed by atoms with Gasteiger partial charge in [0.15, 0.2) is 17.3 Å². The van der Waals surface area contributed by atoms with Gasteiger partial charge in [0.1, 0.15) is 0 Å². The van der Waals surface area contributed by atoms with E-state index in [1.54, 1.807) is 12.1 Å². The molecule has 0 heterocycles. The maximum atomic E-state index is 11.8. The molecule has 21 heavy (non-hydrogen) atoms. The number of hydrogen-bond acceptors (Lipinski definition) is 4. The molecule has 0 amide bonds. The number of nitrogens with two attached hydrogens (primary N) is 1. The van der Waals surface area contributed by atoms with Crippen LogP contribution in [0.5, 0.6) is 11.5 Å². The van der Waals surface area contributed by atoms with Gasteiger partial charge in [-0.15, -0.1) is 0 Å². The van der Waals surface area contributed by atoms with Crippen molar-refractivity contribution in [3.8, 4) is 22.6 Å². The average Bonchev–Trinajstić information content (AvgIpc) is 2.49. The first kappa shape index (κ1) is 15.2. The molecule has 0 aliphatic carbocycles. The third-order valence-corrected chi connectivity index (χ3v) is 3.54. The summed E-state index contributed by atoms with van der Waals surface area (Å²) in [6.45, 7) is 1.52. The lowest BCUT2D eigenvalue weighted by Crippen LogP contribution is -2.01.